The molecule has 17 heteroatoms. The van der Waals surface area contributed by atoms with Gasteiger partial charge in [0, 0.05) is 23.6 Å². The third-order valence-corrected chi connectivity index (χ3v) is 8.21. The lowest BCUT2D eigenvalue weighted by Gasteiger charge is -2.16. The van der Waals surface area contributed by atoms with Crippen LogP contribution in [0.15, 0.2) is 54.6 Å². The van der Waals surface area contributed by atoms with Crippen molar-refractivity contribution in [1.29, 1.82) is 0 Å². The van der Waals surface area contributed by atoms with E-state index < -0.39 is 87.3 Å². The minimum absolute atomic E-state index is 0.0390. The van der Waals surface area contributed by atoms with E-state index in [1.54, 1.807) is 0 Å². The Morgan fingerprint density at radius 3 is 2.26 bits per heavy atom. The Hall–Kier alpha value is -3.46. The van der Waals surface area contributed by atoms with Crippen LogP contribution >= 0.6 is 34.8 Å². The highest BCUT2D eigenvalue weighted by molar-refractivity contribution is 6.53. The van der Waals surface area contributed by atoms with Crippen molar-refractivity contribution < 1.29 is 54.2 Å². The van der Waals surface area contributed by atoms with Crippen molar-refractivity contribution in [3.8, 4) is 0 Å². The van der Waals surface area contributed by atoms with Gasteiger partial charge in [-0.3, -0.25) is 19.1 Å². The number of carbonyl (C=O) groups is 3. The van der Waals surface area contributed by atoms with Crippen molar-refractivity contribution in [2.45, 2.75) is 42.2 Å². The van der Waals surface area contributed by atoms with Gasteiger partial charge in [-0.1, -0.05) is 29.8 Å². The van der Waals surface area contributed by atoms with Crippen molar-refractivity contribution in [3.63, 3.8) is 0 Å². The number of Topliss-reactive ketones (excluding diaryl/α,β-unsaturated/α-hetero) is 1. The molecule has 3 atom stereocenters. The van der Waals surface area contributed by atoms with E-state index in [1.165, 1.54) is 18.2 Å². The Kier molecular flexibility index (Phi) is 9.98. The zero-order valence-corrected chi connectivity index (χ0v) is 25.2. The number of hydrogen-bond donors (Lipinski definition) is 2. The Balaban J connectivity index is 1.49. The summed E-state index contributed by atoms with van der Waals surface area (Å²) in [4.78, 5) is 38.1. The second-order valence-corrected chi connectivity index (χ2v) is 12.0. The Labute approximate surface area is 269 Å². The Morgan fingerprint density at radius 2 is 1.63 bits per heavy atom. The minimum atomic E-state index is -5.17. The fourth-order valence-electron chi connectivity index (χ4n) is 4.60. The smallest absolute Gasteiger partial charge is 0.326 e. The van der Waals surface area contributed by atoms with Crippen molar-refractivity contribution in [1.82, 2.24) is 0 Å². The second kappa shape index (κ2) is 13.0. The molecule has 0 saturated heterocycles. The van der Waals surface area contributed by atoms with Crippen LogP contribution in [0.5, 0.6) is 0 Å². The molecule has 6 nitrogen and oxygen atoms in total. The number of alkyl halides is 8. The summed E-state index contributed by atoms with van der Waals surface area (Å²) in [6.45, 7) is 0.750. The molecule has 1 aliphatic carbocycles. The first-order chi connectivity index (χ1) is 21.2. The van der Waals surface area contributed by atoms with Gasteiger partial charge < -0.3 is 10.6 Å². The van der Waals surface area contributed by atoms with E-state index in [1.807, 2.05) is 0 Å². The van der Waals surface area contributed by atoms with E-state index in [-0.39, 0.29) is 21.8 Å². The zero-order chi connectivity index (χ0) is 34.4. The highest BCUT2D eigenvalue weighted by atomic mass is 35.5. The number of anilines is 2. The number of benzene rings is 3. The molecule has 2 N–H and O–H groups in total. The largest absolute Gasteiger partial charge is 0.523 e. The van der Waals surface area contributed by atoms with Crippen LogP contribution in [-0.2, 0) is 26.9 Å². The first kappa shape index (κ1) is 35.4. The predicted molar refractivity (Wildman–Crippen MR) is 152 cm³/mol. The highest BCUT2D eigenvalue weighted by Crippen LogP contribution is 2.65. The van der Waals surface area contributed by atoms with Crippen LogP contribution in [0.3, 0.4) is 0 Å². The normalized spacial score (nSPS) is 18.1. The molecule has 3 aromatic rings. The molecule has 0 aromatic heterocycles. The lowest BCUT2D eigenvalue weighted by atomic mass is 10.0. The number of hydrogen-bond acceptors (Lipinski definition) is 4. The number of ketones is 1. The fraction of sp³-hybridized carbons (Fsp3) is 0.276. The predicted octanol–water partition coefficient (Wildman–Crippen LogP) is 8.45. The van der Waals surface area contributed by atoms with Gasteiger partial charge in [0.05, 0.1) is 27.8 Å². The fourth-order valence-corrected chi connectivity index (χ4v) is 5.63. The van der Waals surface area contributed by atoms with Gasteiger partial charge in [-0.25, -0.2) is 8.78 Å². The second-order valence-electron chi connectivity index (χ2n) is 10.1. The Morgan fingerprint density at radius 1 is 0.957 bits per heavy atom. The number of halogens is 11. The first-order valence-electron chi connectivity index (χ1n) is 12.9. The van der Waals surface area contributed by atoms with Gasteiger partial charge in [0.15, 0.2) is 11.6 Å². The summed E-state index contributed by atoms with van der Waals surface area (Å²) in [6.07, 6.45) is -13.0. The van der Waals surface area contributed by atoms with E-state index in [4.69, 9.17) is 34.8 Å². The average Bonchev–Trinajstić information content (AvgIpc) is 3.53. The monoisotopic (exact) mass is 716 g/mol. The van der Waals surface area contributed by atoms with Crippen molar-refractivity contribution in [3.05, 3.63) is 93.5 Å². The van der Waals surface area contributed by atoms with E-state index in [0.29, 0.717) is 6.07 Å². The van der Waals surface area contributed by atoms with Gasteiger partial charge in [-0.05, 0) is 48.9 Å². The van der Waals surface area contributed by atoms with Crippen LogP contribution in [0.25, 0.3) is 0 Å². The molecule has 1 saturated carbocycles. The van der Waals surface area contributed by atoms with E-state index in [0.717, 1.165) is 37.3 Å². The van der Waals surface area contributed by atoms with Crippen LogP contribution in [0.4, 0.5) is 46.5 Å². The number of rotatable bonds is 9. The summed E-state index contributed by atoms with van der Waals surface area (Å²) in [5.74, 6) is -8.09. The maximum Gasteiger partial charge on any atom is 0.523 e. The van der Waals surface area contributed by atoms with Gasteiger partial charge in [0.1, 0.15) is 16.3 Å². The summed E-state index contributed by atoms with van der Waals surface area (Å²) in [7, 11) is 0. The van der Waals surface area contributed by atoms with Crippen molar-refractivity contribution in [2.24, 2.45) is 5.92 Å². The minimum Gasteiger partial charge on any atom is -0.326 e. The molecular formula is C29H19Cl3F8N2O4. The van der Waals surface area contributed by atoms with E-state index >= 15 is 4.39 Å². The van der Waals surface area contributed by atoms with E-state index in [2.05, 4.69) is 15.4 Å². The van der Waals surface area contributed by atoms with Crippen LogP contribution < -0.4 is 10.6 Å². The van der Waals surface area contributed by atoms with Gasteiger partial charge in [-0.2, -0.15) is 13.2 Å². The molecule has 1 fully saturated rings. The summed E-state index contributed by atoms with van der Waals surface area (Å²) < 4.78 is 108. The van der Waals surface area contributed by atoms with Gasteiger partial charge >= 0.3 is 12.5 Å². The lowest BCUT2D eigenvalue weighted by Crippen LogP contribution is -2.30. The molecule has 4 rings (SSSR count). The summed E-state index contributed by atoms with van der Waals surface area (Å²) in [5, 5.41) is 4.37. The number of amides is 2. The summed E-state index contributed by atoms with van der Waals surface area (Å²) in [6, 6.07) is 9.16. The van der Waals surface area contributed by atoms with Crippen molar-refractivity contribution in [2.75, 3.05) is 10.6 Å². The maximum absolute atomic E-state index is 15.1. The van der Waals surface area contributed by atoms with Gasteiger partial charge in [-0.15, -0.1) is 36.4 Å². The lowest BCUT2D eigenvalue weighted by molar-refractivity contribution is -0.335. The Bertz CT molecular complexity index is 1700. The number of nitrogens with one attached hydrogen (secondary N) is 2. The molecule has 0 spiro atoms. The van der Waals surface area contributed by atoms with Crippen LogP contribution in [0.1, 0.15) is 39.9 Å². The summed E-state index contributed by atoms with van der Waals surface area (Å²) in [5.41, 5.74) is -2.85. The third kappa shape index (κ3) is 7.91. The van der Waals surface area contributed by atoms with Crippen LogP contribution in [-0.4, -0.2) is 34.4 Å². The standard InChI is InChI=1S/C29H19Cl3F8N2O4/c1-12(46-29(38,39)40)21(43)11-17-19(33)7-8-20(24(17)34)42-25(44)16-10-15(5-6-18(16)30)41-26(45)23-22(27(23,31)32)13-3-2-4-14(9-13)28(35,36)37/h2-10,12,22-23H,11H2,1H3,(H,41,45)(H,42,44)/t12?,22-,23+/m0/s1. The zero-order valence-electron chi connectivity index (χ0n) is 22.9. The number of carbonyl (C=O) groups excluding carboxylic acids is 3. The van der Waals surface area contributed by atoms with E-state index in [9.17, 15) is 45.1 Å². The summed E-state index contributed by atoms with van der Waals surface area (Å²) >= 11 is 18.6. The number of ether oxygens (including phenoxy) is 1. The molecule has 46 heavy (non-hydrogen) atoms. The molecule has 3 aromatic carbocycles. The van der Waals surface area contributed by atoms with Crippen LogP contribution in [0, 0.1) is 17.6 Å². The topological polar surface area (TPSA) is 84.5 Å². The van der Waals surface area contributed by atoms with Gasteiger partial charge in [0.25, 0.3) is 5.91 Å². The van der Waals surface area contributed by atoms with Gasteiger partial charge in [0.2, 0.25) is 5.91 Å². The molecule has 0 heterocycles. The first-order valence-corrected chi connectivity index (χ1v) is 14.0. The third-order valence-electron chi connectivity index (χ3n) is 6.94. The SMILES string of the molecule is CC(OC(F)(F)F)C(=O)Cc1c(F)ccc(NC(=O)c2cc(NC(=O)[C@H]3[C@H](c4cccc(C(F)(F)F)c4)C3(Cl)Cl)ccc2Cl)c1F. The molecule has 246 valence electrons. The van der Waals surface area contributed by atoms with Crippen molar-refractivity contribution >= 4 is 63.8 Å². The molecule has 0 bridgehead atoms. The molecule has 0 aliphatic heterocycles. The highest BCUT2D eigenvalue weighted by Gasteiger charge is 2.67. The molecule has 1 aliphatic rings. The molecule has 0 radical (unpaired) electrons. The molecule has 2 amide bonds. The average molecular weight is 718 g/mol. The molecule has 1 unspecified atom stereocenters. The molecular weight excluding hydrogens is 699 g/mol. The van der Waals surface area contributed by atoms with Crippen LogP contribution in [0.2, 0.25) is 5.02 Å². The quantitative estimate of drug-likeness (QED) is 0.172. The maximum atomic E-state index is 15.1.